The van der Waals surface area contributed by atoms with Gasteiger partial charge in [-0.1, -0.05) is 23.2 Å². The van der Waals surface area contributed by atoms with Crippen molar-refractivity contribution in [3.63, 3.8) is 0 Å². The van der Waals surface area contributed by atoms with Crippen LogP contribution in [0, 0.1) is 23.3 Å². The number of carbonyl (C=O) groups is 5. The van der Waals surface area contributed by atoms with Gasteiger partial charge in [0.25, 0.3) is 11.8 Å². The summed E-state index contributed by atoms with van der Waals surface area (Å²) in [4.78, 5) is 88.7. The van der Waals surface area contributed by atoms with Gasteiger partial charge in [0.15, 0.2) is 46.1 Å². The standard InChI is InChI=1S/C32H34ClF2N7O5.C27H26ClF2N7O3.ClH/c1-32(2,3)47-31(45)39(4)18-25(43)40-12-14-41(15-13-40)30(44)20-7-6-19(16-22(20)33)38-28-29-37-17-23(42(29)11-10-36-28)21-8-9-24(46-5)27(35)26(21)34;1-31-15-22(38)35-9-11-36(12-10-35)27(39)17-4-3-16(13-19(17)28)34-25-26-33-14-20(37(26)8-7-32-25)18-5-6-21(40-2)24(30)23(18)29;/h6-11,16-17H,12-15,18H2,1-5H3,(H,36,38);3-8,13-14,31H,9-12,15H2,1-2H3,(H,32,34);1H. The zero-order valence-electron chi connectivity index (χ0n) is 48.7. The highest BCUT2D eigenvalue weighted by Gasteiger charge is 2.30. The van der Waals surface area contributed by atoms with E-state index in [0.717, 1.165) is 0 Å². The van der Waals surface area contributed by atoms with Crippen LogP contribution in [0.15, 0.2) is 97.8 Å². The van der Waals surface area contributed by atoms with Crippen molar-refractivity contribution in [2.45, 2.75) is 26.4 Å². The number of benzene rings is 4. The number of anilines is 4. The smallest absolute Gasteiger partial charge is 0.410 e. The maximum absolute atomic E-state index is 14.8. The van der Waals surface area contributed by atoms with Crippen LogP contribution in [0.2, 0.25) is 10.0 Å². The van der Waals surface area contributed by atoms with Gasteiger partial charge in [0.2, 0.25) is 23.4 Å². The fourth-order valence-electron chi connectivity index (χ4n) is 9.62. The quantitative estimate of drug-likeness (QED) is 0.0863. The number of carbonyl (C=O) groups excluding carboxylic acids is 5. The Morgan fingerprint density at radius 2 is 1.00 bits per heavy atom. The van der Waals surface area contributed by atoms with Gasteiger partial charge >= 0.3 is 6.09 Å². The Morgan fingerprint density at radius 1 is 0.591 bits per heavy atom. The third-order valence-electron chi connectivity index (χ3n) is 14.1. The summed E-state index contributed by atoms with van der Waals surface area (Å²) < 4.78 is 76.5. The van der Waals surface area contributed by atoms with Crippen LogP contribution >= 0.6 is 35.6 Å². The molecule has 4 aromatic heterocycles. The van der Waals surface area contributed by atoms with E-state index in [-0.39, 0.29) is 87.4 Å². The molecule has 8 aromatic rings. The number of aromatic nitrogens is 6. The Labute approximate surface area is 518 Å². The highest BCUT2D eigenvalue weighted by molar-refractivity contribution is 6.34. The van der Waals surface area contributed by atoms with Crippen LogP contribution in [0.3, 0.4) is 0 Å². The van der Waals surface area contributed by atoms with Gasteiger partial charge in [0, 0.05) is 107 Å². The van der Waals surface area contributed by atoms with Crippen molar-refractivity contribution in [3.8, 4) is 34.0 Å². The molecule has 2 aliphatic rings. The molecular weight excluding hydrogens is 1220 g/mol. The van der Waals surface area contributed by atoms with Crippen molar-refractivity contribution in [2.24, 2.45) is 0 Å². The summed E-state index contributed by atoms with van der Waals surface area (Å²) in [5.41, 5.74) is 2.38. The molecule has 0 atom stereocenters. The van der Waals surface area contributed by atoms with E-state index in [1.165, 1.54) is 75.2 Å². The highest BCUT2D eigenvalue weighted by Crippen LogP contribution is 2.35. The first-order valence-corrected chi connectivity index (χ1v) is 27.9. The average Bonchev–Trinajstić information content (AvgIpc) is 3.68. The monoisotopic (exact) mass is 1270 g/mol. The van der Waals surface area contributed by atoms with Gasteiger partial charge in [-0.2, -0.15) is 8.78 Å². The fraction of sp³-hybridized carbons (Fsp3) is 0.305. The maximum Gasteiger partial charge on any atom is 0.410 e. The molecule has 0 saturated carbocycles. The summed E-state index contributed by atoms with van der Waals surface area (Å²) in [6.45, 7) is 8.32. The molecular formula is C59H61Cl3F4N14O8. The normalized spacial score (nSPS) is 13.3. The zero-order chi connectivity index (χ0) is 62.4. The lowest BCUT2D eigenvalue weighted by atomic mass is 10.1. The van der Waals surface area contributed by atoms with E-state index in [1.807, 2.05) is 0 Å². The summed E-state index contributed by atoms with van der Waals surface area (Å²) in [5, 5.41) is 9.54. The summed E-state index contributed by atoms with van der Waals surface area (Å²) in [6.07, 6.45) is 8.39. The number of likely N-dealkylation sites (N-methyl/N-ethyl adjacent to an activating group) is 2. The molecule has 0 bridgehead atoms. The number of amides is 5. The predicted molar refractivity (Wildman–Crippen MR) is 324 cm³/mol. The Balaban J connectivity index is 0.000000228. The van der Waals surface area contributed by atoms with Crippen LogP contribution in [0.1, 0.15) is 41.5 Å². The summed E-state index contributed by atoms with van der Waals surface area (Å²) in [5.74, 6) is -4.79. The number of methoxy groups -OCH3 is 2. The molecule has 22 nitrogen and oxygen atoms in total. The van der Waals surface area contributed by atoms with Crippen molar-refractivity contribution in [1.29, 1.82) is 0 Å². The highest BCUT2D eigenvalue weighted by atomic mass is 35.5. The van der Waals surface area contributed by atoms with Crippen LogP contribution in [-0.4, -0.2) is 182 Å². The third-order valence-corrected chi connectivity index (χ3v) is 14.7. The molecule has 10 rings (SSSR count). The topological polar surface area (TPSA) is 226 Å². The number of nitrogens with one attached hydrogen (secondary N) is 3. The molecule has 0 aliphatic carbocycles. The molecule has 88 heavy (non-hydrogen) atoms. The maximum atomic E-state index is 14.8. The molecule has 5 amide bonds. The van der Waals surface area contributed by atoms with Crippen LogP contribution < -0.4 is 25.4 Å². The van der Waals surface area contributed by atoms with E-state index in [1.54, 1.807) is 105 Å². The lowest BCUT2D eigenvalue weighted by molar-refractivity contribution is -0.133. The number of piperazine rings is 2. The van der Waals surface area contributed by atoms with Gasteiger partial charge in [0.1, 0.15) is 12.1 Å². The van der Waals surface area contributed by atoms with E-state index < -0.39 is 35.0 Å². The van der Waals surface area contributed by atoms with Gasteiger partial charge in [-0.05, 0) is 88.5 Å². The number of rotatable bonds is 14. The first kappa shape index (κ1) is 65.0. The van der Waals surface area contributed by atoms with E-state index in [0.29, 0.717) is 104 Å². The second-order valence-electron chi connectivity index (χ2n) is 21.0. The number of halogens is 7. The van der Waals surface area contributed by atoms with Gasteiger partial charge < -0.3 is 54.7 Å². The molecule has 29 heteroatoms. The number of nitrogens with zero attached hydrogens (tertiary/aromatic N) is 11. The third kappa shape index (κ3) is 14.2. The van der Waals surface area contributed by atoms with Crippen LogP contribution in [0.25, 0.3) is 33.8 Å². The molecule has 464 valence electrons. The molecule has 0 unspecified atom stereocenters. The minimum Gasteiger partial charge on any atom is -0.494 e. The molecule has 0 radical (unpaired) electrons. The molecule has 4 aromatic carbocycles. The van der Waals surface area contributed by atoms with E-state index >= 15 is 0 Å². The van der Waals surface area contributed by atoms with Gasteiger partial charge in [-0.15, -0.1) is 12.4 Å². The van der Waals surface area contributed by atoms with Crippen molar-refractivity contribution in [3.05, 3.63) is 142 Å². The van der Waals surface area contributed by atoms with Crippen molar-refractivity contribution < 1.29 is 55.7 Å². The van der Waals surface area contributed by atoms with Crippen LogP contribution in [-0.2, 0) is 14.3 Å². The van der Waals surface area contributed by atoms with Gasteiger partial charge in [-0.25, -0.2) is 33.5 Å². The zero-order valence-corrected chi connectivity index (χ0v) is 51.0. The lowest BCUT2D eigenvalue weighted by Crippen LogP contribution is -2.53. The summed E-state index contributed by atoms with van der Waals surface area (Å²) in [7, 11) is 5.74. The number of fused-ring (bicyclic) bond motifs is 2. The number of hydrogen-bond acceptors (Lipinski definition) is 15. The molecule has 3 N–H and O–H groups in total. The van der Waals surface area contributed by atoms with Crippen LogP contribution in [0.4, 0.5) is 45.4 Å². The Bertz CT molecular complexity index is 3930. The Morgan fingerprint density at radius 3 is 1.39 bits per heavy atom. The average molecular weight is 1280 g/mol. The summed E-state index contributed by atoms with van der Waals surface area (Å²) >= 11 is 13.1. The van der Waals surface area contributed by atoms with Gasteiger partial charge in [0.05, 0.1) is 65.7 Å². The molecule has 2 fully saturated rings. The van der Waals surface area contributed by atoms with Crippen molar-refractivity contribution >= 4 is 99.6 Å². The molecule has 6 heterocycles. The fourth-order valence-corrected chi connectivity index (χ4v) is 10.1. The van der Waals surface area contributed by atoms with Crippen molar-refractivity contribution in [1.82, 2.24) is 58.6 Å². The van der Waals surface area contributed by atoms with Crippen molar-refractivity contribution in [2.75, 3.05) is 104 Å². The molecule has 2 saturated heterocycles. The van der Waals surface area contributed by atoms with E-state index in [9.17, 15) is 41.5 Å². The van der Waals surface area contributed by atoms with Gasteiger partial charge in [-0.3, -0.25) is 28.0 Å². The number of hydrogen-bond donors (Lipinski definition) is 3. The number of imidazole rings is 2. The minimum absolute atomic E-state index is 0. The first-order chi connectivity index (χ1) is 41.6. The predicted octanol–water partition coefficient (Wildman–Crippen LogP) is 9.24. The Hall–Kier alpha value is -8.98. The van der Waals surface area contributed by atoms with E-state index in [4.69, 9.17) is 37.4 Å². The second kappa shape index (κ2) is 27.8. The summed E-state index contributed by atoms with van der Waals surface area (Å²) in [6, 6.07) is 15.3. The lowest BCUT2D eigenvalue weighted by Gasteiger charge is -2.35. The molecule has 2 aliphatic heterocycles. The Kier molecular flexibility index (Phi) is 20.5. The minimum atomic E-state index is -1.10. The first-order valence-electron chi connectivity index (χ1n) is 27.1. The largest absolute Gasteiger partial charge is 0.494 e. The SMILES string of the molecule is CNCC(=O)N1CCN(C(=O)c2ccc(Nc3nccn4c(-c5ccc(OC)c(F)c5F)cnc34)cc2Cl)CC1.COc1ccc(-c2cnc3c(Nc4ccc(C(=O)N5CCN(C(=O)CN(C)C(=O)OC(C)(C)C)CC5)c(Cl)c4)nccn23)c(F)c1F.Cl. The molecule has 0 spiro atoms. The van der Waals surface area contributed by atoms with Crippen LogP contribution in [0.5, 0.6) is 11.5 Å². The second-order valence-corrected chi connectivity index (χ2v) is 21.8. The number of ether oxygens (including phenoxy) is 3. The van der Waals surface area contributed by atoms with E-state index in [2.05, 4.69) is 35.9 Å².